The van der Waals surface area contributed by atoms with Crippen molar-refractivity contribution in [2.45, 2.75) is 25.9 Å². The molecule has 3 heteroatoms. The second kappa shape index (κ2) is 4.21. The highest BCUT2D eigenvalue weighted by atomic mass is 16.3. The lowest BCUT2D eigenvalue weighted by atomic mass is 10.1. The van der Waals surface area contributed by atoms with Crippen LogP contribution in [-0.4, -0.2) is 60.3 Å². The number of piperazine rings is 1. The quantitative estimate of drug-likeness (QED) is 0.635. The third kappa shape index (κ3) is 1.97. The number of likely N-dealkylation sites (N-methyl/N-ethyl adjacent to an activating group) is 2. The van der Waals surface area contributed by atoms with E-state index in [0.717, 1.165) is 19.6 Å². The van der Waals surface area contributed by atoms with Gasteiger partial charge in [0.15, 0.2) is 0 Å². The van der Waals surface area contributed by atoms with Crippen LogP contribution in [0.3, 0.4) is 0 Å². The number of hydrogen-bond acceptors (Lipinski definition) is 3. The van der Waals surface area contributed by atoms with Gasteiger partial charge in [-0.3, -0.25) is 4.90 Å². The van der Waals surface area contributed by atoms with Crippen LogP contribution >= 0.6 is 0 Å². The summed E-state index contributed by atoms with van der Waals surface area (Å²) in [5.41, 5.74) is 0. The molecule has 72 valence electrons. The van der Waals surface area contributed by atoms with Gasteiger partial charge in [0.25, 0.3) is 0 Å². The monoisotopic (exact) mass is 172 g/mol. The number of nitrogens with zero attached hydrogens (tertiary/aromatic N) is 2. The highest BCUT2D eigenvalue weighted by Gasteiger charge is 2.27. The van der Waals surface area contributed by atoms with Gasteiger partial charge >= 0.3 is 0 Å². The fourth-order valence-corrected chi connectivity index (χ4v) is 1.81. The van der Waals surface area contributed by atoms with Gasteiger partial charge in [-0.1, -0.05) is 6.92 Å². The normalized spacial score (nSPS) is 34.0. The second-order valence-corrected chi connectivity index (χ2v) is 3.70. The number of aliphatic hydroxyl groups is 1. The van der Waals surface area contributed by atoms with Crippen molar-refractivity contribution < 1.29 is 5.11 Å². The van der Waals surface area contributed by atoms with Gasteiger partial charge in [0.1, 0.15) is 0 Å². The van der Waals surface area contributed by atoms with Gasteiger partial charge in [-0.2, -0.15) is 0 Å². The van der Waals surface area contributed by atoms with Gasteiger partial charge in [-0.05, 0) is 20.5 Å². The fraction of sp³-hybridized carbons (Fsp3) is 1.00. The predicted molar refractivity (Wildman–Crippen MR) is 50.2 cm³/mol. The Morgan fingerprint density at radius 1 is 1.42 bits per heavy atom. The minimum Gasteiger partial charge on any atom is -0.395 e. The average Bonchev–Trinajstić information content (AvgIpc) is 2.09. The van der Waals surface area contributed by atoms with Crippen LogP contribution in [-0.2, 0) is 0 Å². The summed E-state index contributed by atoms with van der Waals surface area (Å²) in [6.07, 6.45) is 0. The molecule has 0 aliphatic carbocycles. The molecule has 1 saturated heterocycles. The van der Waals surface area contributed by atoms with Gasteiger partial charge in [-0.25, -0.2) is 0 Å². The third-order valence-corrected chi connectivity index (χ3v) is 2.92. The average molecular weight is 172 g/mol. The van der Waals surface area contributed by atoms with Crippen molar-refractivity contribution in [3.05, 3.63) is 0 Å². The van der Waals surface area contributed by atoms with E-state index in [9.17, 15) is 0 Å². The summed E-state index contributed by atoms with van der Waals surface area (Å²) in [5.74, 6) is 0. The van der Waals surface area contributed by atoms with Gasteiger partial charge in [0.2, 0.25) is 0 Å². The molecular weight excluding hydrogens is 152 g/mol. The fourth-order valence-electron chi connectivity index (χ4n) is 1.81. The summed E-state index contributed by atoms with van der Waals surface area (Å²) in [6.45, 7) is 7.89. The standard InChI is InChI=1S/C9H20N2O/c1-4-11-5-8(2)10(3)9(6-11)7-12/h8-9,12H,4-7H2,1-3H3. The minimum atomic E-state index is 0.275. The van der Waals surface area contributed by atoms with Crippen LogP contribution in [0.4, 0.5) is 0 Å². The van der Waals surface area contributed by atoms with Crippen molar-refractivity contribution >= 4 is 0 Å². The molecule has 2 atom stereocenters. The van der Waals surface area contributed by atoms with Crippen molar-refractivity contribution in [2.24, 2.45) is 0 Å². The summed E-state index contributed by atoms with van der Waals surface area (Å²) in [7, 11) is 2.10. The van der Waals surface area contributed by atoms with Gasteiger partial charge in [0.05, 0.1) is 6.61 Å². The molecule has 0 amide bonds. The molecular formula is C9H20N2O. The lowest BCUT2D eigenvalue weighted by Crippen LogP contribution is -2.57. The molecule has 3 nitrogen and oxygen atoms in total. The summed E-state index contributed by atoms with van der Waals surface area (Å²) >= 11 is 0. The largest absolute Gasteiger partial charge is 0.395 e. The predicted octanol–water partition coefficient (Wildman–Crippen LogP) is 0.00310. The summed E-state index contributed by atoms with van der Waals surface area (Å²) < 4.78 is 0. The first-order valence-corrected chi connectivity index (χ1v) is 4.74. The molecule has 0 aromatic heterocycles. The lowest BCUT2D eigenvalue weighted by Gasteiger charge is -2.42. The van der Waals surface area contributed by atoms with Gasteiger partial charge < -0.3 is 10.0 Å². The maximum absolute atomic E-state index is 9.12. The Morgan fingerprint density at radius 3 is 2.58 bits per heavy atom. The Bertz CT molecular complexity index is 140. The van der Waals surface area contributed by atoms with Crippen LogP contribution in [0.1, 0.15) is 13.8 Å². The van der Waals surface area contributed by atoms with E-state index in [-0.39, 0.29) is 6.61 Å². The molecule has 1 N–H and O–H groups in total. The highest BCUT2D eigenvalue weighted by molar-refractivity contribution is 4.84. The second-order valence-electron chi connectivity index (χ2n) is 3.70. The van der Waals surface area contributed by atoms with E-state index in [1.807, 2.05) is 0 Å². The molecule has 0 saturated carbocycles. The van der Waals surface area contributed by atoms with Crippen molar-refractivity contribution in [3.8, 4) is 0 Å². The third-order valence-electron chi connectivity index (χ3n) is 2.92. The number of rotatable bonds is 2. The zero-order chi connectivity index (χ0) is 9.14. The van der Waals surface area contributed by atoms with Crippen molar-refractivity contribution in [1.82, 2.24) is 9.80 Å². The van der Waals surface area contributed by atoms with E-state index in [2.05, 4.69) is 30.7 Å². The molecule has 0 aromatic rings. The van der Waals surface area contributed by atoms with Crippen LogP contribution in [0.15, 0.2) is 0 Å². The van der Waals surface area contributed by atoms with Crippen molar-refractivity contribution in [1.29, 1.82) is 0 Å². The van der Waals surface area contributed by atoms with Crippen molar-refractivity contribution in [2.75, 3.05) is 33.3 Å². The maximum atomic E-state index is 9.12. The molecule has 1 rings (SSSR count). The van der Waals surface area contributed by atoms with Crippen LogP contribution < -0.4 is 0 Å². The summed E-state index contributed by atoms with van der Waals surface area (Å²) in [6, 6.07) is 0.893. The zero-order valence-electron chi connectivity index (χ0n) is 8.32. The summed E-state index contributed by atoms with van der Waals surface area (Å²) in [4.78, 5) is 4.66. The zero-order valence-corrected chi connectivity index (χ0v) is 8.32. The Hall–Kier alpha value is -0.120. The molecule has 1 heterocycles. The smallest absolute Gasteiger partial charge is 0.0599 e. The molecule has 0 spiro atoms. The minimum absolute atomic E-state index is 0.275. The van der Waals surface area contributed by atoms with E-state index >= 15 is 0 Å². The first kappa shape index (κ1) is 9.96. The van der Waals surface area contributed by atoms with Crippen LogP contribution in [0.5, 0.6) is 0 Å². The Morgan fingerprint density at radius 2 is 2.08 bits per heavy atom. The van der Waals surface area contributed by atoms with Crippen LogP contribution in [0.2, 0.25) is 0 Å². The van der Waals surface area contributed by atoms with Gasteiger partial charge in [0, 0.05) is 25.2 Å². The first-order chi connectivity index (χ1) is 5.69. The Kier molecular flexibility index (Phi) is 3.50. The molecule has 0 bridgehead atoms. The van der Waals surface area contributed by atoms with E-state index < -0.39 is 0 Å². The number of aliphatic hydroxyl groups excluding tert-OH is 1. The van der Waals surface area contributed by atoms with E-state index in [0.29, 0.717) is 12.1 Å². The Balaban J connectivity index is 2.52. The summed E-state index contributed by atoms with van der Waals surface area (Å²) in [5, 5.41) is 9.12. The van der Waals surface area contributed by atoms with Crippen molar-refractivity contribution in [3.63, 3.8) is 0 Å². The topological polar surface area (TPSA) is 26.7 Å². The highest BCUT2D eigenvalue weighted by Crippen LogP contribution is 2.12. The number of hydrogen-bond donors (Lipinski definition) is 1. The molecule has 12 heavy (non-hydrogen) atoms. The Labute approximate surface area is 75.0 Å². The maximum Gasteiger partial charge on any atom is 0.0599 e. The first-order valence-electron chi connectivity index (χ1n) is 4.74. The van der Waals surface area contributed by atoms with Gasteiger partial charge in [-0.15, -0.1) is 0 Å². The van der Waals surface area contributed by atoms with E-state index in [1.54, 1.807) is 0 Å². The molecule has 0 radical (unpaired) electrons. The lowest BCUT2D eigenvalue weighted by molar-refractivity contribution is 0.0247. The molecule has 2 unspecified atom stereocenters. The van der Waals surface area contributed by atoms with E-state index in [4.69, 9.17) is 5.11 Å². The SMILES string of the molecule is CCN1CC(C)N(C)C(CO)C1. The molecule has 1 aliphatic heterocycles. The van der Waals surface area contributed by atoms with E-state index in [1.165, 1.54) is 0 Å². The van der Waals surface area contributed by atoms with Crippen LogP contribution in [0.25, 0.3) is 0 Å². The molecule has 1 fully saturated rings. The molecule has 0 aromatic carbocycles. The molecule has 1 aliphatic rings. The van der Waals surface area contributed by atoms with Crippen LogP contribution in [0, 0.1) is 0 Å².